The van der Waals surface area contributed by atoms with Gasteiger partial charge in [0.15, 0.2) is 0 Å². The molecule has 0 saturated carbocycles. The molecule has 0 aliphatic carbocycles. The zero-order valence-electron chi connectivity index (χ0n) is 15.7. The molecule has 2 N–H and O–H groups in total. The van der Waals surface area contributed by atoms with Crippen molar-refractivity contribution in [1.29, 1.82) is 0 Å². The monoisotopic (exact) mass is 437 g/mol. The average Bonchev–Trinajstić information content (AvgIpc) is 2.68. The molecule has 0 aliphatic rings. The van der Waals surface area contributed by atoms with Gasteiger partial charge in [0.05, 0.1) is 11.1 Å². The van der Waals surface area contributed by atoms with Crippen molar-refractivity contribution in [3.63, 3.8) is 0 Å². The summed E-state index contributed by atoms with van der Waals surface area (Å²) in [5.41, 5.74) is 0.214. The maximum absolute atomic E-state index is 13.3. The molecule has 0 aliphatic heterocycles. The summed E-state index contributed by atoms with van der Waals surface area (Å²) in [6.07, 6.45) is -4.56. The fraction of sp³-hybridized carbons (Fsp3) is 0.0952. The molecule has 0 fully saturated rings. The summed E-state index contributed by atoms with van der Waals surface area (Å²) in [6.45, 7) is 1.80. The lowest BCUT2D eigenvalue weighted by molar-refractivity contribution is -0.266. The first-order chi connectivity index (χ1) is 14.0. The number of sulfonamides is 1. The Balaban J connectivity index is 2.06. The van der Waals surface area contributed by atoms with Crippen molar-refractivity contribution in [2.24, 2.45) is 0 Å². The number of aryl methyl sites for hydroxylation is 1. The van der Waals surface area contributed by atoms with E-state index in [-0.39, 0.29) is 22.0 Å². The predicted octanol–water partition coefficient (Wildman–Crippen LogP) is 3.48. The first kappa shape index (κ1) is 21.5. The van der Waals surface area contributed by atoms with Crippen LogP contribution >= 0.6 is 0 Å². The second-order valence-corrected chi connectivity index (χ2v) is 8.19. The van der Waals surface area contributed by atoms with Crippen molar-refractivity contribution in [2.45, 2.75) is 18.0 Å². The van der Waals surface area contributed by atoms with E-state index in [1.165, 1.54) is 36.4 Å². The number of hydrogen-bond acceptors (Lipinski definition) is 2. The Hall–Kier alpha value is -3.20. The van der Waals surface area contributed by atoms with Gasteiger partial charge in [-0.15, -0.1) is 0 Å². The Morgan fingerprint density at radius 1 is 0.933 bits per heavy atom. The van der Waals surface area contributed by atoms with Gasteiger partial charge in [0.2, 0.25) is 0 Å². The second kappa shape index (κ2) is 8.27. The van der Waals surface area contributed by atoms with Crippen LogP contribution in [0.25, 0.3) is 0 Å². The van der Waals surface area contributed by atoms with Crippen LogP contribution in [0.5, 0.6) is 0 Å². The molecule has 0 aromatic heterocycles. The van der Waals surface area contributed by atoms with Crippen LogP contribution in [0.1, 0.15) is 16.7 Å². The minimum atomic E-state index is -4.56. The van der Waals surface area contributed by atoms with Gasteiger partial charge in [0, 0.05) is 0 Å². The zero-order valence-corrected chi connectivity index (χ0v) is 16.5. The van der Waals surface area contributed by atoms with Crippen molar-refractivity contribution in [2.75, 3.05) is 5.32 Å². The van der Waals surface area contributed by atoms with E-state index in [0.29, 0.717) is 0 Å². The first-order valence-corrected chi connectivity index (χ1v) is 10.2. The first-order valence-electron chi connectivity index (χ1n) is 8.71. The highest BCUT2D eigenvalue weighted by Gasteiger charge is 2.31. The predicted molar refractivity (Wildman–Crippen MR) is 105 cm³/mol. The topological polar surface area (TPSA) is 60.1 Å². The minimum absolute atomic E-state index is 0.00996. The summed E-state index contributed by atoms with van der Waals surface area (Å²) < 4.78 is 80.3. The lowest BCUT2D eigenvalue weighted by Crippen LogP contribution is -2.78. The van der Waals surface area contributed by atoms with Crippen LogP contribution in [0.3, 0.4) is 0 Å². The van der Waals surface area contributed by atoms with Crippen LogP contribution in [-0.4, -0.2) is 14.3 Å². The molecule has 3 aromatic carbocycles. The largest absolute Gasteiger partial charge is 0.416 e. The van der Waals surface area contributed by atoms with Gasteiger partial charge in [-0.05, 0) is 61.5 Å². The normalized spacial score (nSPS) is 12.6. The Kier molecular flexibility index (Phi) is 5.93. The van der Waals surface area contributed by atoms with Gasteiger partial charge < -0.3 is 0 Å². The highest BCUT2D eigenvalue weighted by Crippen LogP contribution is 2.30. The standard InChI is InChI=1S/C21H16F4N2O2S/c1-14-5-11-19(12-6-14)30(28,29)27-20(15-7-9-17(22)10-8-15)26-18-4-2-3-16(13-18)21(23,24)25/h2-13H,1H3,(H,26,27)/p+1. The molecule has 3 rings (SSSR count). The molecule has 3 aromatic rings. The molecular formula is C21H17F4N2O2S+. The van der Waals surface area contributed by atoms with Crippen molar-refractivity contribution in [3.05, 3.63) is 95.3 Å². The number of halogens is 4. The molecule has 30 heavy (non-hydrogen) atoms. The van der Waals surface area contributed by atoms with Crippen LogP contribution in [0.15, 0.2) is 77.7 Å². The van der Waals surface area contributed by atoms with Crippen molar-refractivity contribution < 1.29 is 30.4 Å². The van der Waals surface area contributed by atoms with E-state index in [4.69, 9.17) is 0 Å². The van der Waals surface area contributed by atoms with Crippen LogP contribution in [-0.2, 0) is 16.2 Å². The molecule has 0 radical (unpaired) electrons. The third kappa shape index (κ3) is 5.24. The van der Waals surface area contributed by atoms with Crippen molar-refractivity contribution in [3.8, 4) is 0 Å². The van der Waals surface area contributed by atoms with Gasteiger partial charge in [-0.3, -0.25) is 0 Å². The molecule has 9 heteroatoms. The molecule has 0 heterocycles. The Labute approximate surface area is 171 Å². The number of anilines is 1. The van der Waals surface area contributed by atoms with Gasteiger partial charge in [-0.2, -0.15) is 26.0 Å². The average molecular weight is 437 g/mol. The van der Waals surface area contributed by atoms with Gasteiger partial charge in [-0.25, -0.2) is 9.71 Å². The Morgan fingerprint density at radius 3 is 2.17 bits per heavy atom. The highest BCUT2D eigenvalue weighted by atomic mass is 32.2. The number of rotatable bonds is 4. The van der Waals surface area contributed by atoms with Crippen LogP contribution < -0.4 is 9.71 Å². The molecule has 4 nitrogen and oxygen atoms in total. The van der Waals surface area contributed by atoms with Gasteiger partial charge in [-0.1, -0.05) is 23.8 Å². The number of amidine groups is 1. The van der Waals surface area contributed by atoms with E-state index in [9.17, 15) is 26.0 Å². The van der Waals surface area contributed by atoms with E-state index in [2.05, 4.69) is 9.71 Å². The van der Waals surface area contributed by atoms with E-state index in [1.54, 1.807) is 19.1 Å². The van der Waals surface area contributed by atoms with Gasteiger partial charge >= 0.3 is 16.2 Å². The zero-order chi connectivity index (χ0) is 21.9. The van der Waals surface area contributed by atoms with E-state index in [0.717, 1.165) is 29.8 Å². The lowest BCUT2D eigenvalue weighted by atomic mass is 10.1. The molecule has 0 amide bonds. The van der Waals surface area contributed by atoms with E-state index < -0.39 is 27.6 Å². The van der Waals surface area contributed by atoms with Crippen LogP contribution in [0, 0.1) is 12.7 Å². The molecule has 0 bridgehead atoms. The summed E-state index contributed by atoms with van der Waals surface area (Å²) in [4.78, 5) is -0.0291. The third-order valence-corrected chi connectivity index (χ3v) is 5.53. The fourth-order valence-corrected chi connectivity index (χ4v) is 3.65. The van der Waals surface area contributed by atoms with Crippen molar-refractivity contribution in [1.82, 2.24) is 0 Å². The maximum atomic E-state index is 13.3. The highest BCUT2D eigenvalue weighted by molar-refractivity contribution is 7.84. The molecule has 0 saturated heterocycles. The smallest absolute Gasteiger partial charge is 0.240 e. The van der Waals surface area contributed by atoms with Gasteiger partial charge in [0.25, 0.3) is 5.84 Å². The van der Waals surface area contributed by atoms with E-state index >= 15 is 0 Å². The third-order valence-electron chi connectivity index (χ3n) is 4.16. The van der Waals surface area contributed by atoms with Gasteiger partial charge in [0.1, 0.15) is 16.4 Å². The molecular weight excluding hydrogens is 420 g/mol. The number of hydrogen-bond donors (Lipinski definition) is 2. The number of benzene rings is 3. The van der Waals surface area contributed by atoms with E-state index in [1.807, 2.05) is 0 Å². The summed E-state index contributed by atoms with van der Waals surface area (Å²) >= 11 is 0. The molecule has 0 spiro atoms. The summed E-state index contributed by atoms with van der Waals surface area (Å²) in [5, 5.41) is 2.67. The SMILES string of the molecule is Cc1ccc(S(=O)(=O)[NH+]=C(Nc2cccc(C(F)(F)F)c2)c2ccc(F)cc2)cc1. The quantitative estimate of drug-likeness (QED) is 0.373. The lowest BCUT2D eigenvalue weighted by Gasteiger charge is -2.09. The number of nitrogens with one attached hydrogen (secondary N) is 2. The fourth-order valence-electron chi connectivity index (χ4n) is 2.60. The maximum Gasteiger partial charge on any atom is 0.416 e. The summed E-state index contributed by atoms with van der Waals surface area (Å²) in [6, 6.07) is 15.2. The summed E-state index contributed by atoms with van der Waals surface area (Å²) in [7, 11) is -4.06. The van der Waals surface area contributed by atoms with Crippen molar-refractivity contribution >= 4 is 21.5 Å². The Bertz CT molecular complexity index is 1170. The summed E-state index contributed by atoms with van der Waals surface area (Å²) in [5.74, 6) is -0.659. The van der Waals surface area contributed by atoms with Crippen LogP contribution in [0.4, 0.5) is 23.2 Å². The second-order valence-electron chi connectivity index (χ2n) is 6.50. The number of alkyl halides is 3. The molecule has 156 valence electrons. The van der Waals surface area contributed by atoms with Crippen LogP contribution in [0.2, 0.25) is 0 Å². The molecule has 0 unspecified atom stereocenters. The minimum Gasteiger partial charge on any atom is -0.240 e. The molecule has 0 atom stereocenters. The Morgan fingerprint density at radius 2 is 1.57 bits per heavy atom.